The highest BCUT2D eigenvalue weighted by atomic mass is 16.1. The molecule has 0 bridgehead atoms. The number of Topliss-reactive ketones (excluding diaryl/α,β-unsaturated/α-hetero) is 1. The van der Waals surface area contributed by atoms with Crippen LogP contribution in [-0.2, 0) is 4.79 Å². The van der Waals surface area contributed by atoms with Gasteiger partial charge in [-0.1, -0.05) is 20.3 Å². The molecule has 0 aromatic heterocycles. The van der Waals surface area contributed by atoms with Crippen molar-refractivity contribution in [2.75, 3.05) is 0 Å². The SMILES string of the molecule is CCC[C@@H](N)C(=O)CC. The fourth-order valence-corrected chi connectivity index (χ4v) is 0.734. The van der Waals surface area contributed by atoms with Crippen molar-refractivity contribution >= 4 is 5.78 Å². The van der Waals surface area contributed by atoms with Gasteiger partial charge in [-0.25, -0.2) is 0 Å². The maximum absolute atomic E-state index is 10.8. The molecule has 0 aliphatic rings. The summed E-state index contributed by atoms with van der Waals surface area (Å²) in [6, 6.07) is -0.208. The smallest absolute Gasteiger partial charge is 0.149 e. The van der Waals surface area contributed by atoms with Crippen LogP contribution in [0, 0.1) is 0 Å². The van der Waals surface area contributed by atoms with E-state index in [1.54, 1.807) is 0 Å². The minimum absolute atomic E-state index is 0.178. The molecule has 9 heavy (non-hydrogen) atoms. The molecule has 0 amide bonds. The molecule has 0 aliphatic heterocycles. The lowest BCUT2D eigenvalue weighted by Gasteiger charge is -2.05. The van der Waals surface area contributed by atoms with E-state index in [-0.39, 0.29) is 11.8 Å². The van der Waals surface area contributed by atoms with Crippen molar-refractivity contribution in [3.8, 4) is 0 Å². The Labute approximate surface area is 56.4 Å². The van der Waals surface area contributed by atoms with E-state index < -0.39 is 0 Å². The van der Waals surface area contributed by atoms with Crippen molar-refractivity contribution in [1.29, 1.82) is 0 Å². The van der Waals surface area contributed by atoms with E-state index in [1.165, 1.54) is 0 Å². The zero-order valence-corrected chi connectivity index (χ0v) is 6.18. The molecule has 1 atom stereocenters. The Bertz CT molecular complexity index is 90.9. The van der Waals surface area contributed by atoms with Crippen molar-refractivity contribution in [2.24, 2.45) is 5.73 Å². The molecule has 0 fully saturated rings. The Kier molecular flexibility index (Phi) is 4.32. The van der Waals surface area contributed by atoms with Gasteiger partial charge in [-0.2, -0.15) is 0 Å². The first kappa shape index (κ1) is 8.63. The number of hydrogen-bond donors (Lipinski definition) is 1. The molecule has 0 heterocycles. The second-order valence-corrected chi connectivity index (χ2v) is 2.22. The number of ketones is 1. The molecule has 0 aromatic rings. The Morgan fingerprint density at radius 3 is 2.44 bits per heavy atom. The average Bonchev–Trinajstić information content (AvgIpc) is 1.87. The summed E-state index contributed by atoms with van der Waals surface area (Å²) in [5, 5.41) is 0. The average molecular weight is 129 g/mol. The second kappa shape index (κ2) is 4.50. The largest absolute Gasteiger partial charge is 0.322 e. The normalized spacial score (nSPS) is 13.2. The molecule has 54 valence electrons. The van der Waals surface area contributed by atoms with Crippen LogP contribution in [0.4, 0.5) is 0 Å². The summed E-state index contributed by atoms with van der Waals surface area (Å²) in [6.07, 6.45) is 2.39. The van der Waals surface area contributed by atoms with Gasteiger partial charge in [-0.3, -0.25) is 4.79 Å². The number of carbonyl (C=O) groups excluding carboxylic acids is 1. The van der Waals surface area contributed by atoms with E-state index in [0.29, 0.717) is 6.42 Å². The van der Waals surface area contributed by atoms with Crippen molar-refractivity contribution in [1.82, 2.24) is 0 Å². The lowest BCUT2D eigenvalue weighted by atomic mass is 10.1. The third-order valence-corrected chi connectivity index (χ3v) is 1.36. The summed E-state index contributed by atoms with van der Waals surface area (Å²) in [5.74, 6) is 0.178. The van der Waals surface area contributed by atoms with Crippen LogP contribution in [0.1, 0.15) is 33.1 Å². The van der Waals surface area contributed by atoms with Crippen LogP contribution in [0.5, 0.6) is 0 Å². The molecule has 0 rings (SSSR count). The maximum Gasteiger partial charge on any atom is 0.149 e. The summed E-state index contributed by atoms with van der Waals surface area (Å²) < 4.78 is 0. The van der Waals surface area contributed by atoms with Crippen molar-refractivity contribution in [3.63, 3.8) is 0 Å². The predicted octanol–water partition coefficient (Wildman–Crippen LogP) is 1.09. The van der Waals surface area contributed by atoms with Crippen molar-refractivity contribution in [3.05, 3.63) is 0 Å². The van der Waals surface area contributed by atoms with Crippen LogP contribution < -0.4 is 5.73 Å². The van der Waals surface area contributed by atoms with Gasteiger partial charge in [0.25, 0.3) is 0 Å². The van der Waals surface area contributed by atoms with Gasteiger partial charge in [0.2, 0.25) is 0 Å². The fourth-order valence-electron chi connectivity index (χ4n) is 0.734. The van der Waals surface area contributed by atoms with Crippen LogP contribution in [-0.4, -0.2) is 11.8 Å². The van der Waals surface area contributed by atoms with E-state index in [2.05, 4.69) is 0 Å². The van der Waals surface area contributed by atoms with Crippen LogP contribution in [0.15, 0.2) is 0 Å². The fraction of sp³-hybridized carbons (Fsp3) is 0.857. The molecule has 2 nitrogen and oxygen atoms in total. The van der Waals surface area contributed by atoms with E-state index in [1.807, 2.05) is 13.8 Å². The highest BCUT2D eigenvalue weighted by Crippen LogP contribution is 1.96. The van der Waals surface area contributed by atoms with Crippen molar-refractivity contribution < 1.29 is 4.79 Å². The molecule has 0 saturated heterocycles. The molecule has 0 aliphatic carbocycles. The lowest BCUT2D eigenvalue weighted by molar-refractivity contribution is -0.120. The number of hydrogen-bond acceptors (Lipinski definition) is 2. The predicted molar refractivity (Wildman–Crippen MR) is 38.2 cm³/mol. The summed E-state index contributed by atoms with van der Waals surface area (Å²) in [6.45, 7) is 3.88. The Hall–Kier alpha value is -0.370. The lowest BCUT2D eigenvalue weighted by Crippen LogP contribution is -2.29. The zero-order valence-electron chi connectivity index (χ0n) is 6.18. The monoisotopic (exact) mass is 129 g/mol. The second-order valence-electron chi connectivity index (χ2n) is 2.22. The molecule has 0 radical (unpaired) electrons. The summed E-state index contributed by atoms with van der Waals surface area (Å²) in [4.78, 5) is 10.8. The third kappa shape index (κ3) is 3.25. The molecular formula is C7H15NO. The molecular weight excluding hydrogens is 114 g/mol. The van der Waals surface area contributed by atoms with Gasteiger partial charge in [0, 0.05) is 6.42 Å². The zero-order chi connectivity index (χ0) is 7.28. The quantitative estimate of drug-likeness (QED) is 0.617. The van der Waals surface area contributed by atoms with Gasteiger partial charge >= 0.3 is 0 Å². The van der Waals surface area contributed by atoms with Crippen molar-refractivity contribution in [2.45, 2.75) is 39.2 Å². The molecule has 2 heteroatoms. The molecule has 0 spiro atoms. The topological polar surface area (TPSA) is 43.1 Å². The molecule has 0 unspecified atom stereocenters. The summed E-state index contributed by atoms with van der Waals surface area (Å²) >= 11 is 0. The summed E-state index contributed by atoms with van der Waals surface area (Å²) in [5.41, 5.74) is 5.49. The minimum atomic E-state index is -0.208. The Morgan fingerprint density at radius 2 is 2.11 bits per heavy atom. The third-order valence-electron chi connectivity index (χ3n) is 1.36. The Morgan fingerprint density at radius 1 is 1.56 bits per heavy atom. The standard InChI is InChI=1S/C7H15NO/c1-3-5-6(8)7(9)4-2/h6H,3-5,8H2,1-2H3/t6-/m1/s1. The van der Waals surface area contributed by atoms with Crippen LogP contribution >= 0.6 is 0 Å². The van der Waals surface area contributed by atoms with Crippen LogP contribution in [0.2, 0.25) is 0 Å². The number of nitrogens with two attached hydrogens (primary N) is 1. The minimum Gasteiger partial charge on any atom is -0.322 e. The number of rotatable bonds is 4. The van der Waals surface area contributed by atoms with Crippen LogP contribution in [0.25, 0.3) is 0 Å². The van der Waals surface area contributed by atoms with E-state index >= 15 is 0 Å². The van der Waals surface area contributed by atoms with Crippen LogP contribution in [0.3, 0.4) is 0 Å². The van der Waals surface area contributed by atoms with E-state index in [4.69, 9.17) is 5.73 Å². The van der Waals surface area contributed by atoms with E-state index in [0.717, 1.165) is 12.8 Å². The highest BCUT2D eigenvalue weighted by molar-refractivity contribution is 5.83. The molecule has 0 saturated carbocycles. The van der Waals surface area contributed by atoms with Gasteiger partial charge in [0.15, 0.2) is 0 Å². The highest BCUT2D eigenvalue weighted by Gasteiger charge is 2.07. The van der Waals surface area contributed by atoms with Gasteiger partial charge in [0.1, 0.15) is 5.78 Å². The molecule has 2 N–H and O–H groups in total. The van der Waals surface area contributed by atoms with Gasteiger partial charge in [-0.15, -0.1) is 0 Å². The first-order valence-corrected chi connectivity index (χ1v) is 3.50. The van der Waals surface area contributed by atoms with Gasteiger partial charge in [0.05, 0.1) is 6.04 Å². The summed E-state index contributed by atoms with van der Waals surface area (Å²) in [7, 11) is 0. The number of carbonyl (C=O) groups is 1. The Balaban J connectivity index is 3.45. The first-order valence-electron chi connectivity index (χ1n) is 3.50. The molecule has 0 aromatic carbocycles. The van der Waals surface area contributed by atoms with Gasteiger partial charge < -0.3 is 5.73 Å². The maximum atomic E-state index is 10.8. The van der Waals surface area contributed by atoms with E-state index in [9.17, 15) is 4.79 Å². The first-order chi connectivity index (χ1) is 4.22. The van der Waals surface area contributed by atoms with Gasteiger partial charge in [-0.05, 0) is 6.42 Å².